The van der Waals surface area contributed by atoms with Crippen LogP contribution in [0.5, 0.6) is 11.5 Å². The molecule has 0 aliphatic heterocycles. The molecule has 30 heavy (non-hydrogen) atoms. The number of methoxy groups -OCH3 is 2. The van der Waals surface area contributed by atoms with Crippen LogP contribution in [-0.2, 0) is 10.0 Å². The number of aliphatic imine (C=N–C) groups is 1. The van der Waals surface area contributed by atoms with E-state index < -0.39 is 10.0 Å². The highest BCUT2D eigenvalue weighted by atomic mass is 32.2. The molecule has 0 fully saturated rings. The topological polar surface area (TPSA) is 68.2 Å². The molecule has 0 aromatic heterocycles. The lowest BCUT2D eigenvalue weighted by Gasteiger charge is -2.24. The molecule has 7 heteroatoms. The molecule has 0 aliphatic rings. The first-order valence-corrected chi connectivity index (χ1v) is 10.7. The van der Waals surface area contributed by atoms with Crippen LogP contribution in [0.4, 0.5) is 11.4 Å². The molecule has 3 aromatic carbocycles. The van der Waals surface area contributed by atoms with E-state index in [0.29, 0.717) is 28.7 Å². The van der Waals surface area contributed by atoms with E-state index in [0.717, 1.165) is 5.56 Å². The van der Waals surface area contributed by atoms with Crippen LogP contribution in [0.15, 0.2) is 82.7 Å². The van der Waals surface area contributed by atoms with E-state index >= 15 is 0 Å². The molecule has 0 amide bonds. The Balaban J connectivity index is 2.10. The Morgan fingerprint density at radius 2 is 1.30 bits per heavy atom. The number of anilines is 1. The fourth-order valence-corrected chi connectivity index (χ4v) is 4.40. The van der Waals surface area contributed by atoms with Crippen LogP contribution in [0.2, 0.25) is 0 Å². The molecule has 3 aromatic rings. The molecule has 0 N–H and O–H groups in total. The van der Waals surface area contributed by atoms with Gasteiger partial charge >= 0.3 is 0 Å². The molecule has 0 heterocycles. The normalized spacial score (nSPS) is 11.8. The van der Waals surface area contributed by atoms with Crippen molar-refractivity contribution in [1.82, 2.24) is 0 Å². The average Bonchev–Trinajstić information content (AvgIpc) is 2.75. The summed E-state index contributed by atoms with van der Waals surface area (Å²) in [5, 5.41) is 0. The van der Waals surface area contributed by atoms with Gasteiger partial charge in [0.2, 0.25) is 0 Å². The summed E-state index contributed by atoms with van der Waals surface area (Å²) in [7, 11) is -0.737. The van der Waals surface area contributed by atoms with Crippen LogP contribution in [0.25, 0.3) is 0 Å². The maximum absolute atomic E-state index is 13.5. The van der Waals surface area contributed by atoms with Crippen molar-refractivity contribution in [2.75, 3.05) is 18.5 Å². The largest absolute Gasteiger partial charge is 0.497 e. The summed E-state index contributed by atoms with van der Waals surface area (Å²) in [6, 6.07) is 20.7. The molecule has 0 saturated carbocycles. The Hall–Kier alpha value is -3.32. The lowest BCUT2D eigenvalue weighted by Crippen LogP contribution is -2.35. The minimum atomic E-state index is -3.89. The zero-order valence-corrected chi connectivity index (χ0v) is 18.2. The van der Waals surface area contributed by atoms with Gasteiger partial charge in [-0.15, -0.1) is 0 Å². The lowest BCUT2D eigenvalue weighted by molar-refractivity contribution is 0.415. The van der Waals surface area contributed by atoms with Crippen LogP contribution >= 0.6 is 0 Å². The van der Waals surface area contributed by atoms with E-state index in [9.17, 15) is 8.42 Å². The van der Waals surface area contributed by atoms with Crippen molar-refractivity contribution >= 4 is 27.2 Å². The number of aryl methyl sites for hydroxylation is 1. The predicted octanol–water partition coefficient (Wildman–Crippen LogP) is 4.96. The van der Waals surface area contributed by atoms with Gasteiger partial charge in [0.1, 0.15) is 17.3 Å². The second-order valence-electron chi connectivity index (χ2n) is 6.64. The van der Waals surface area contributed by atoms with Crippen LogP contribution in [0.1, 0.15) is 12.5 Å². The number of rotatable bonds is 6. The van der Waals surface area contributed by atoms with E-state index in [1.54, 1.807) is 93.9 Å². The third kappa shape index (κ3) is 4.63. The maximum Gasteiger partial charge on any atom is 0.269 e. The summed E-state index contributed by atoms with van der Waals surface area (Å²) < 4.78 is 38.7. The van der Waals surface area contributed by atoms with Gasteiger partial charge in [-0.1, -0.05) is 17.7 Å². The van der Waals surface area contributed by atoms with E-state index in [4.69, 9.17) is 9.47 Å². The lowest BCUT2D eigenvalue weighted by atomic mass is 10.2. The number of hydrogen-bond acceptors (Lipinski definition) is 5. The molecule has 6 nitrogen and oxygen atoms in total. The van der Waals surface area contributed by atoms with Crippen molar-refractivity contribution < 1.29 is 17.9 Å². The molecular weight excluding hydrogens is 400 g/mol. The molecule has 0 saturated heterocycles. The summed E-state index contributed by atoms with van der Waals surface area (Å²) in [6.07, 6.45) is 0. The van der Waals surface area contributed by atoms with Crippen molar-refractivity contribution in [1.29, 1.82) is 0 Å². The monoisotopic (exact) mass is 424 g/mol. The van der Waals surface area contributed by atoms with Crippen molar-refractivity contribution in [2.45, 2.75) is 18.7 Å². The number of hydrogen-bond donors (Lipinski definition) is 0. The zero-order chi connectivity index (χ0) is 21.7. The van der Waals surface area contributed by atoms with Gasteiger partial charge in [-0.25, -0.2) is 17.7 Å². The van der Waals surface area contributed by atoms with Crippen LogP contribution in [0, 0.1) is 6.92 Å². The third-order valence-corrected chi connectivity index (χ3v) is 6.35. The molecule has 0 radical (unpaired) electrons. The van der Waals surface area contributed by atoms with E-state index in [2.05, 4.69) is 4.99 Å². The molecule has 0 bridgehead atoms. The fourth-order valence-electron chi connectivity index (χ4n) is 2.92. The van der Waals surface area contributed by atoms with Gasteiger partial charge in [-0.3, -0.25) is 0 Å². The van der Waals surface area contributed by atoms with Crippen LogP contribution < -0.4 is 13.8 Å². The quantitative estimate of drug-likeness (QED) is 0.414. The Labute approximate surface area is 177 Å². The highest BCUT2D eigenvalue weighted by molar-refractivity contribution is 7.93. The number of benzene rings is 3. The molecule has 3 rings (SSSR count). The van der Waals surface area contributed by atoms with E-state index in [1.807, 2.05) is 6.92 Å². The Kier molecular flexibility index (Phi) is 6.42. The van der Waals surface area contributed by atoms with E-state index in [-0.39, 0.29) is 4.90 Å². The highest BCUT2D eigenvalue weighted by Gasteiger charge is 2.27. The smallest absolute Gasteiger partial charge is 0.269 e. The van der Waals surface area contributed by atoms with Crippen LogP contribution in [-0.4, -0.2) is 28.5 Å². The first kappa shape index (κ1) is 21.4. The number of sulfonamides is 1. The van der Waals surface area contributed by atoms with Crippen LogP contribution in [0.3, 0.4) is 0 Å². The zero-order valence-electron chi connectivity index (χ0n) is 17.4. The van der Waals surface area contributed by atoms with Gasteiger partial charge in [-0.05, 0) is 74.5 Å². The summed E-state index contributed by atoms with van der Waals surface area (Å²) in [5.41, 5.74) is 2.06. The second-order valence-corrected chi connectivity index (χ2v) is 8.42. The number of ether oxygens (including phenoxy) is 2. The minimum absolute atomic E-state index is 0.188. The molecule has 0 unspecified atom stereocenters. The Morgan fingerprint density at radius 3 is 1.80 bits per heavy atom. The van der Waals surface area contributed by atoms with Gasteiger partial charge in [0, 0.05) is 0 Å². The minimum Gasteiger partial charge on any atom is -0.497 e. The summed E-state index contributed by atoms with van der Waals surface area (Å²) in [6.45, 7) is 3.58. The Morgan fingerprint density at radius 1 is 0.800 bits per heavy atom. The molecule has 0 aliphatic carbocycles. The summed E-state index contributed by atoms with van der Waals surface area (Å²) >= 11 is 0. The van der Waals surface area contributed by atoms with Gasteiger partial charge < -0.3 is 9.47 Å². The molecule has 0 atom stereocenters. The second kappa shape index (κ2) is 9.00. The number of amidine groups is 1. The SMILES string of the molecule is COc1ccc(N=C(C)N(c2ccc(OC)cc2)S(=O)(=O)c2ccc(C)cc2)cc1. The summed E-state index contributed by atoms with van der Waals surface area (Å²) in [5.74, 6) is 1.65. The molecule has 0 spiro atoms. The number of nitrogens with zero attached hydrogens (tertiary/aromatic N) is 2. The van der Waals surface area contributed by atoms with Gasteiger partial charge in [-0.2, -0.15) is 0 Å². The van der Waals surface area contributed by atoms with Gasteiger partial charge in [0.25, 0.3) is 10.0 Å². The van der Waals surface area contributed by atoms with Gasteiger partial charge in [0.05, 0.1) is 30.5 Å². The first-order valence-electron chi connectivity index (χ1n) is 9.30. The molecular formula is C23H24N2O4S. The molecule has 156 valence electrons. The Bertz CT molecular complexity index is 1120. The summed E-state index contributed by atoms with van der Waals surface area (Å²) in [4.78, 5) is 4.73. The fraction of sp³-hybridized carbons (Fsp3) is 0.174. The van der Waals surface area contributed by atoms with Crippen molar-refractivity contribution in [3.63, 3.8) is 0 Å². The van der Waals surface area contributed by atoms with Crippen molar-refractivity contribution in [3.8, 4) is 11.5 Å². The average molecular weight is 425 g/mol. The van der Waals surface area contributed by atoms with Crippen molar-refractivity contribution in [2.24, 2.45) is 4.99 Å². The first-order chi connectivity index (χ1) is 14.3. The highest BCUT2D eigenvalue weighted by Crippen LogP contribution is 2.28. The van der Waals surface area contributed by atoms with Gasteiger partial charge in [0.15, 0.2) is 0 Å². The standard InChI is InChI=1S/C23H24N2O4S/c1-17-5-15-23(16-6-17)30(26,27)25(20-9-13-22(29-4)14-10-20)18(2)24-19-7-11-21(28-3)12-8-19/h5-16H,1-4H3. The predicted molar refractivity (Wildman–Crippen MR) is 120 cm³/mol. The van der Waals surface area contributed by atoms with E-state index in [1.165, 1.54) is 4.31 Å². The maximum atomic E-state index is 13.5. The third-order valence-electron chi connectivity index (χ3n) is 4.52. The van der Waals surface area contributed by atoms with Crippen molar-refractivity contribution in [3.05, 3.63) is 78.4 Å².